The van der Waals surface area contributed by atoms with Crippen molar-refractivity contribution in [1.82, 2.24) is 9.55 Å². The molecule has 0 spiro atoms. The third-order valence-electron chi connectivity index (χ3n) is 3.40. The van der Waals surface area contributed by atoms with Gasteiger partial charge in [-0.25, -0.2) is 4.79 Å². The summed E-state index contributed by atoms with van der Waals surface area (Å²) in [6, 6.07) is 5.36. The number of amides is 1. The lowest BCUT2D eigenvalue weighted by atomic mass is 10.2. The molecule has 0 aliphatic carbocycles. The van der Waals surface area contributed by atoms with Crippen molar-refractivity contribution in [2.24, 2.45) is 0 Å². The summed E-state index contributed by atoms with van der Waals surface area (Å²) in [5, 5.41) is 0. The Morgan fingerprint density at radius 3 is 2.57 bits per heavy atom. The fraction of sp³-hybridized carbons (Fsp3) is 0.400. The minimum Gasteiger partial charge on any atom is -0.312 e. The van der Waals surface area contributed by atoms with E-state index in [0.717, 1.165) is 11.0 Å². The van der Waals surface area contributed by atoms with Gasteiger partial charge < -0.3 is 9.88 Å². The van der Waals surface area contributed by atoms with Crippen LogP contribution >= 0.6 is 0 Å². The van der Waals surface area contributed by atoms with Crippen LogP contribution in [0.3, 0.4) is 0 Å². The average Bonchev–Trinajstić information content (AvgIpc) is 2.73. The van der Waals surface area contributed by atoms with E-state index in [1.165, 1.54) is 6.92 Å². The quantitative estimate of drug-likeness (QED) is 0.851. The van der Waals surface area contributed by atoms with Crippen molar-refractivity contribution in [3.05, 3.63) is 28.7 Å². The molecule has 0 unspecified atom stereocenters. The number of hydrogen-bond donors (Lipinski definition) is 1. The molecule has 2 aromatic rings. The Kier molecular flexibility index (Phi) is 4.26. The Hall–Kier alpha value is -2.37. The second kappa shape index (κ2) is 5.95. The summed E-state index contributed by atoms with van der Waals surface area (Å²) < 4.78 is 1.61. The summed E-state index contributed by atoms with van der Waals surface area (Å²) in [4.78, 5) is 39.3. The van der Waals surface area contributed by atoms with E-state index in [-0.39, 0.29) is 23.8 Å². The Labute approximate surface area is 122 Å². The van der Waals surface area contributed by atoms with Gasteiger partial charge in [0.25, 0.3) is 0 Å². The maximum Gasteiger partial charge on any atom is 0.326 e. The second-order valence-corrected chi connectivity index (χ2v) is 4.89. The monoisotopic (exact) mass is 289 g/mol. The van der Waals surface area contributed by atoms with Gasteiger partial charge in [-0.2, -0.15) is 0 Å². The predicted octanol–water partition coefficient (Wildman–Crippen LogP) is 1.68. The van der Waals surface area contributed by atoms with Crippen molar-refractivity contribution in [3.63, 3.8) is 0 Å². The topological polar surface area (TPSA) is 75.2 Å². The number of nitrogens with zero attached hydrogens (tertiary/aromatic N) is 2. The van der Waals surface area contributed by atoms with E-state index in [1.54, 1.807) is 27.7 Å². The van der Waals surface area contributed by atoms with E-state index in [2.05, 4.69) is 4.98 Å². The van der Waals surface area contributed by atoms with Crippen LogP contribution in [0, 0.1) is 0 Å². The number of benzene rings is 1. The number of aryl methyl sites for hydroxylation is 1. The number of carbonyl (C=O) groups is 2. The van der Waals surface area contributed by atoms with Crippen LogP contribution in [0.5, 0.6) is 0 Å². The molecule has 0 saturated carbocycles. The number of aromatic nitrogens is 2. The molecule has 112 valence electrons. The summed E-state index contributed by atoms with van der Waals surface area (Å²) in [7, 11) is 0. The molecule has 6 heteroatoms. The van der Waals surface area contributed by atoms with Gasteiger partial charge in [-0.15, -0.1) is 0 Å². The number of imidazole rings is 1. The molecule has 21 heavy (non-hydrogen) atoms. The Balaban J connectivity index is 2.47. The van der Waals surface area contributed by atoms with Crippen LogP contribution in [0.25, 0.3) is 11.0 Å². The highest BCUT2D eigenvalue weighted by Crippen LogP contribution is 2.21. The number of hydrogen-bond acceptors (Lipinski definition) is 3. The number of carbonyl (C=O) groups excluding carboxylic acids is 2. The molecule has 6 nitrogen and oxygen atoms in total. The molecule has 0 atom stereocenters. The molecule has 1 aromatic heterocycles. The normalized spacial score (nSPS) is 10.8. The van der Waals surface area contributed by atoms with Gasteiger partial charge in [-0.3, -0.25) is 14.2 Å². The summed E-state index contributed by atoms with van der Waals surface area (Å²) in [6.45, 7) is 6.16. The van der Waals surface area contributed by atoms with E-state index in [9.17, 15) is 14.4 Å². The van der Waals surface area contributed by atoms with Crippen molar-refractivity contribution in [2.75, 3.05) is 11.4 Å². The molecular formula is C15H19N3O3. The first-order chi connectivity index (χ1) is 9.97. The predicted molar refractivity (Wildman–Crippen MR) is 81.6 cm³/mol. The third kappa shape index (κ3) is 2.89. The zero-order valence-corrected chi connectivity index (χ0v) is 12.5. The molecule has 1 aromatic carbocycles. The van der Waals surface area contributed by atoms with Gasteiger partial charge in [0.1, 0.15) is 5.78 Å². The van der Waals surface area contributed by atoms with E-state index >= 15 is 0 Å². The number of Topliss-reactive ketones (excluding diaryl/α,β-unsaturated/α-hetero) is 1. The van der Waals surface area contributed by atoms with Crippen molar-refractivity contribution < 1.29 is 9.59 Å². The zero-order valence-electron chi connectivity index (χ0n) is 12.5. The first-order valence-electron chi connectivity index (χ1n) is 7.00. The minimum absolute atomic E-state index is 0.112. The fourth-order valence-electron chi connectivity index (χ4n) is 2.43. The van der Waals surface area contributed by atoms with E-state index in [4.69, 9.17) is 0 Å². The molecule has 1 heterocycles. The first-order valence-corrected chi connectivity index (χ1v) is 7.00. The van der Waals surface area contributed by atoms with Crippen molar-refractivity contribution in [1.29, 1.82) is 0 Å². The van der Waals surface area contributed by atoms with Gasteiger partial charge in [0.05, 0.1) is 17.5 Å². The molecular weight excluding hydrogens is 270 g/mol. The van der Waals surface area contributed by atoms with Crippen LogP contribution in [-0.4, -0.2) is 27.8 Å². The first kappa shape index (κ1) is 15.0. The highest BCUT2D eigenvalue weighted by Gasteiger charge is 2.17. The number of nitrogens with one attached hydrogen (secondary N) is 1. The van der Waals surface area contributed by atoms with Crippen molar-refractivity contribution >= 4 is 28.4 Å². The maximum absolute atomic E-state index is 12.1. The molecule has 2 rings (SSSR count). The van der Waals surface area contributed by atoms with Gasteiger partial charge in [0, 0.05) is 18.8 Å². The molecule has 0 fully saturated rings. The summed E-state index contributed by atoms with van der Waals surface area (Å²) in [5.41, 5.74) is 2.02. The van der Waals surface area contributed by atoms with Gasteiger partial charge >= 0.3 is 5.69 Å². The summed E-state index contributed by atoms with van der Waals surface area (Å²) in [6.07, 6.45) is -0.112. The smallest absolute Gasteiger partial charge is 0.312 e. The number of anilines is 1. The van der Waals surface area contributed by atoms with Crippen LogP contribution < -0.4 is 10.6 Å². The maximum atomic E-state index is 12.1. The minimum atomic E-state index is -0.231. The highest BCUT2D eigenvalue weighted by atomic mass is 16.2. The van der Waals surface area contributed by atoms with Gasteiger partial charge in [0.2, 0.25) is 5.91 Å². The molecule has 0 aliphatic rings. The van der Waals surface area contributed by atoms with Crippen LogP contribution in [-0.2, 0) is 16.1 Å². The summed E-state index contributed by atoms with van der Waals surface area (Å²) >= 11 is 0. The molecule has 0 bridgehead atoms. The lowest BCUT2D eigenvalue weighted by Gasteiger charge is -2.20. The number of H-pyrrole nitrogens is 1. The number of fused-ring (bicyclic) bond motifs is 1. The van der Waals surface area contributed by atoms with E-state index in [1.807, 2.05) is 13.8 Å². The zero-order chi connectivity index (χ0) is 15.6. The highest BCUT2D eigenvalue weighted by molar-refractivity contribution is 6.05. The third-order valence-corrected chi connectivity index (χ3v) is 3.40. The van der Waals surface area contributed by atoms with Crippen LogP contribution in [0.1, 0.15) is 27.2 Å². The molecule has 0 radical (unpaired) electrons. The van der Waals surface area contributed by atoms with E-state index in [0.29, 0.717) is 18.8 Å². The second-order valence-electron chi connectivity index (χ2n) is 4.89. The number of ketones is 1. The van der Waals surface area contributed by atoms with Gasteiger partial charge in [-0.05, 0) is 39.0 Å². The van der Waals surface area contributed by atoms with Gasteiger partial charge in [-0.1, -0.05) is 0 Å². The van der Waals surface area contributed by atoms with Crippen LogP contribution in [0.4, 0.5) is 5.69 Å². The fourth-order valence-corrected chi connectivity index (χ4v) is 2.43. The van der Waals surface area contributed by atoms with E-state index < -0.39 is 0 Å². The Morgan fingerprint density at radius 1 is 1.29 bits per heavy atom. The van der Waals surface area contributed by atoms with Crippen LogP contribution in [0.15, 0.2) is 23.0 Å². The largest absolute Gasteiger partial charge is 0.326 e. The lowest BCUT2D eigenvalue weighted by molar-refractivity contribution is -0.125. The number of aromatic amines is 1. The number of rotatable bonds is 5. The summed E-state index contributed by atoms with van der Waals surface area (Å²) in [5.74, 6) is -0.392. The molecule has 1 N–H and O–H groups in total. The van der Waals surface area contributed by atoms with Crippen LogP contribution in [0.2, 0.25) is 0 Å². The van der Waals surface area contributed by atoms with Crippen molar-refractivity contribution in [3.8, 4) is 0 Å². The Bertz CT molecular complexity index is 742. The molecule has 0 saturated heterocycles. The SMILES string of the molecule is CCN(C(=O)CC(C)=O)c1ccc2[nH]c(=O)n(CC)c2c1. The Morgan fingerprint density at radius 2 is 2.00 bits per heavy atom. The standard InChI is InChI=1S/C15H19N3O3/c1-4-17(14(20)8-10(3)19)11-6-7-12-13(9-11)18(5-2)15(21)16-12/h6-7,9H,4-5,8H2,1-3H3,(H,16,21). The molecule has 0 aliphatic heterocycles. The average molecular weight is 289 g/mol. The molecule has 1 amide bonds. The van der Waals surface area contributed by atoms with Gasteiger partial charge in [0.15, 0.2) is 0 Å². The van der Waals surface area contributed by atoms with Crippen molar-refractivity contribution in [2.45, 2.75) is 33.7 Å². The lowest BCUT2D eigenvalue weighted by Crippen LogP contribution is -2.31.